The van der Waals surface area contributed by atoms with E-state index in [9.17, 15) is 10.1 Å². The van der Waals surface area contributed by atoms with Crippen molar-refractivity contribution in [2.75, 3.05) is 24.6 Å². The van der Waals surface area contributed by atoms with Crippen LogP contribution in [0.15, 0.2) is 23.0 Å². The number of aromatic nitrogens is 3. The van der Waals surface area contributed by atoms with Crippen LogP contribution in [0.4, 0.5) is 5.82 Å². The number of ether oxygens (including phenoxy) is 1. The van der Waals surface area contributed by atoms with Gasteiger partial charge >= 0.3 is 0 Å². The molecule has 0 aliphatic carbocycles. The van der Waals surface area contributed by atoms with Crippen LogP contribution in [0.25, 0.3) is 0 Å². The Balaban J connectivity index is 1.47. The third-order valence-corrected chi connectivity index (χ3v) is 5.38. The summed E-state index contributed by atoms with van der Waals surface area (Å²) in [6.07, 6.45) is 2.70. The molecule has 2 aliphatic heterocycles. The highest BCUT2D eigenvalue weighted by atomic mass is 16.5. The molecule has 7 heteroatoms. The lowest BCUT2D eigenvalue weighted by Gasteiger charge is -2.34. The third-order valence-electron chi connectivity index (χ3n) is 5.38. The zero-order valence-electron chi connectivity index (χ0n) is 15.5. The van der Waals surface area contributed by atoms with E-state index in [1.807, 2.05) is 13.0 Å². The van der Waals surface area contributed by atoms with Gasteiger partial charge in [-0.15, -0.1) is 0 Å². The Morgan fingerprint density at radius 2 is 2.15 bits per heavy atom. The summed E-state index contributed by atoms with van der Waals surface area (Å²) in [4.78, 5) is 19.0. The number of pyridine rings is 1. The van der Waals surface area contributed by atoms with Crippen molar-refractivity contribution in [2.45, 2.75) is 39.3 Å². The van der Waals surface area contributed by atoms with E-state index in [1.54, 1.807) is 16.8 Å². The van der Waals surface area contributed by atoms with Gasteiger partial charge in [-0.2, -0.15) is 10.4 Å². The molecule has 7 nitrogen and oxygen atoms in total. The monoisotopic (exact) mass is 365 g/mol. The largest absolute Gasteiger partial charge is 0.376 e. The van der Waals surface area contributed by atoms with Crippen molar-refractivity contribution in [3.8, 4) is 6.07 Å². The number of nitrogens with zero attached hydrogens (tertiary/aromatic N) is 5. The Kier molecular flexibility index (Phi) is 4.90. The number of piperidine rings is 1. The second-order valence-corrected chi connectivity index (χ2v) is 7.31. The molecular formula is C20H23N5O2. The van der Waals surface area contributed by atoms with Gasteiger partial charge in [-0.05, 0) is 37.8 Å². The van der Waals surface area contributed by atoms with E-state index in [4.69, 9.17) is 9.72 Å². The Hall–Kier alpha value is -2.72. The van der Waals surface area contributed by atoms with Gasteiger partial charge in [-0.3, -0.25) is 4.79 Å². The van der Waals surface area contributed by atoms with Crippen LogP contribution >= 0.6 is 0 Å². The van der Waals surface area contributed by atoms with Gasteiger partial charge < -0.3 is 9.64 Å². The lowest BCUT2D eigenvalue weighted by molar-refractivity contribution is 0.109. The fourth-order valence-corrected chi connectivity index (χ4v) is 3.85. The summed E-state index contributed by atoms with van der Waals surface area (Å²) in [5.74, 6) is 1.20. The van der Waals surface area contributed by atoms with Crippen molar-refractivity contribution < 1.29 is 4.74 Å². The van der Waals surface area contributed by atoms with Gasteiger partial charge in [0.15, 0.2) is 0 Å². The number of fused-ring (bicyclic) bond motifs is 1. The SMILES string of the molecule is Cc1ccc(=O)n(CC2CCN(c3nc4c(cc3C#N)COCC4)CC2)n1. The number of hydrogen-bond acceptors (Lipinski definition) is 6. The highest BCUT2D eigenvalue weighted by Gasteiger charge is 2.25. The van der Waals surface area contributed by atoms with Gasteiger partial charge in [0.25, 0.3) is 5.56 Å². The van der Waals surface area contributed by atoms with E-state index in [1.165, 1.54) is 0 Å². The molecule has 0 unspecified atom stereocenters. The molecule has 0 radical (unpaired) electrons. The van der Waals surface area contributed by atoms with Crippen LogP contribution in [0, 0.1) is 24.2 Å². The predicted octanol–water partition coefficient (Wildman–Crippen LogP) is 1.81. The average Bonchev–Trinajstić information content (AvgIpc) is 2.70. The molecule has 0 saturated carbocycles. The van der Waals surface area contributed by atoms with E-state index in [0.29, 0.717) is 31.2 Å². The molecule has 0 spiro atoms. The van der Waals surface area contributed by atoms with Crippen molar-refractivity contribution in [1.29, 1.82) is 5.26 Å². The van der Waals surface area contributed by atoms with E-state index >= 15 is 0 Å². The fourth-order valence-electron chi connectivity index (χ4n) is 3.85. The summed E-state index contributed by atoms with van der Waals surface area (Å²) in [6.45, 7) is 5.44. The third kappa shape index (κ3) is 3.71. The van der Waals surface area contributed by atoms with Crippen molar-refractivity contribution in [3.05, 3.63) is 51.1 Å². The first kappa shape index (κ1) is 17.7. The number of aryl methyl sites for hydroxylation is 1. The molecule has 0 N–H and O–H groups in total. The van der Waals surface area contributed by atoms with Crippen LogP contribution in [0.2, 0.25) is 0 Å². The van der Waals surface area contributed by atoms with Crippen molar-refractivity contribution >= 4 is 5.82 Å². The minimum absolute atomic E-state index is 0.0478. The van der Waals surface area contributed by atoms with Gasteiger partial charge in [-0.1, -0.05) is 0 Å². The molecule has 1 saturated heterocycles. The molecule has 4 heterocycles. The van der Waals surface area contributed by atoms with Crippen LogP contribution < -0.4 is 10.5 Å². The summed E-state index contributed by atoms with van der Waals surface area (Å²) in [5, 5.41) is 13.9. The summed E-state index contributed by atoms with van der Waals surface area (Å²) in [5.41, 5.74) is 3.50. The number of hydrogen-bond donors (Lipinski definition) is 0. The predicted molar refractivity (Wildman–Crippen MR) is 100 cm³/mol. The number of anilines is 1. The minimum Gasteiger partial charge on any atom is -0.376 e. The second-order valence-electron chi connectivity index (χ2n) is 7.31. The van der Waals surface area contributed by atoms with Gasteiger partial charge in [0.1, 0.15) is 11.9 Å². The topological polar surface area (TPSA) is 84.0 Å². The summed E-state index contributed by atoms with van der Waals surface area (Å²) >= 11 is 0. The highest BCUT2D eigenvalue weighted by molar-refractivity contribution is 5.56. The second kappa shape index (κ2) is 7.49. The van der Waals surface area contributed by atoms with Gasteiger partial charge in [0.05, 0.1) is 30.2 Å². The highest BCUT2D eigenvalue weighted by Crippen LogP contribution is 2.28. The summed E-state index contributed by atoms with van der Waals surface area (Å²) in [6, 6.07) is 7.55. The summed E-state index contributed by atoms with van der Waals surface area (Å²) < 4.78 is 7.05. The smallest absolute Gasteiger partial charge is 0.266 e. The molecule has 2 aliphatic rings. The molecule has 140 valence electrons. The first-order valence-electron chi connectivity index (χ1n) is 9.44. The van der Waals surface area contributed by atoms with E-state index in [0.717, 1.165) is 55.1 Å². The van der Waals surface area contributed by atoms with Crippen LogP contribution in [0.5, 0.6) is 0 Å². The molecule has 4 rings (SSSR count). The van der Waals surface area contributed by atoms with Crippen LogP contribution in [-0.2, 0) is 24.3 Å². The fraction of sp³-hybridized carbons (Fsp3) is 0.500. The van der Waals surface area contributed by atoms with Crippen molar-refractivity contribution in [1.82, 2.24) is 14.8 Å². The molecule has 0 aromatic carbocycles. The lowest BCUT2D eigenvalue weighted by Crippen LogP contribution is -2.38. The van der Waals surface area contributed by atoms with Crippen LogP contribution in [0.3, 0.4) is 0 Å². The molecule has 0 amide bonds. The maximum Gasteiger partial charge on any atom is 0.266 e. The van der Waals surface area contributed by atoms with Crippen LogP contribution in [-0.4, -0.2) is 34.5 Å². The van der Waals surface area contributed by atoms with Crippen LogP contribution in [0.1, 0.15) is 35.4 Å². The van der Waals surface area contributed by atoms with Crippen molar-refractivity contribution in [2.24, 2.45) is 5.92 Å². The standard InChI is InChI=1S/C20H23N5O2/c1-14-2-3-19(26)25(23-14)12-15-4-7-24(8-5-15)20-16(11-21)10-17-13-27-9-6-18(17)22-20/h2-3,10,15H,4-9,12-13H2,1H3. The zero-order chi connectivity index (χ0) is 18.8. The Morgan fingerprint density at radius 3 is 2.93 bits per heavy atom. The molecule has 2 aromatic heterocycles. The first-order valence-corrected chi connectivity index (χ1v) is 9.44. The average molecular weight is 365 g/mol. The minimum atomic E-state index is -0.0478. The first-order chi connectivity index (χ1) is 13.1. The zero-order valence-corrected chi connectivity index (χ0v) is 15.5. The Labute approximate surface area is 158 Å². The van der Waals surface area contributed by atoms with E-state index in [-0.39, 0.29) is 5.56 Å². The Bertz CT molecular complexity index is 938. The normalized spacial score (nSPS) is 17.4. The number of rotatable bonds is 3. The molecule has 0 atom stereocenters. The maximum atomic E-state index is 12.0. The maximum absolute atomic E-state index is 12.0. The van der Waals surface area contributed by atoms with Gasteiger partial charge in [0.2, 0.25) is 0 Å². The molecule has 1 fully saturated rings. The summed E-state index contributed by atoms with van der Waals surface area (Å²) in [7, 11) is 0. The quantitative estimate of drug-likeness (QED) is 0.825. The lowest BCUT2D eigenvalue weighted by atomic mass is 9.96. The molecule has 27 heavy (non-hydrogen) atoms. The number of nitriles is 1. The molecule has 0 bridgehead atoms. The molecule has 2 aromatic rings. The Morgan fingerprint density at radius 1 is 1.33 bits per heavy atom. The van der Waals surface area contributed by atoms with Crippen molar-refractivity contribution in [3.63, 3.8) is 0 Å². The van der Waals surface area contributed by atoms with E-state index in [2.05, 4.69) is 16.1 Å². The molecular weight excluding hydrogens is 342 g/mol. The van der Waals surface area contributed by atoms with Gasteiger partial charge in [-0.25, -0.2) is 9.67 Å². The van der Waals surface area contributed by atoms with Gasteiger partial charge in [0, 0.05) is 37.7 Å². The van der Waals surface area contributed by atoms with E-state index < -0.39 is 0 Å².